The first-order chi connectivity index (χ1) is 18.6. The van der Waals surface area contributed by atoms with Gasteiger partial charge in [-0.25, -0.2) is 9.37 Å². The van der Waals surface area contributed by atoms with E-state index in [1.54, 1.807) is 12.3 Å². The van der Waals surface area contributed by atoms with Crippen LogP contribution >= 0.6 is 11.6 Å². The average molecular weight is 565 g/mol. The maximum atomic E-state index is 14.6. The molecule has 0 saturated carbocycles. The Kier molecular flexibility index (Phi) is 7.23. The van der Waals surface area contributed by atoms with Crippen LogP contribution in [0.1, 0.15) is 15.9 Å². The van der Waals surface area contributed by atoms with Crippen molar-refractivity contribution in [3.05, 3.63) is 82.5 Å². The number of carbonyl (C=O) groups excluding carboxylic acids is 1. The summed E-state index contributed by atoms with van der Waals surface area (Å²) in [4.78, 5) is 23.5. The first-order valence-electron chi connectivity index (χ1n) is 11.5. The zero-order valence-corrected chi connectivity index (χ0v) is 20.6. The van der Waals surface area contributed by atoms with E-state index in [1.165, 1.54) is 12.1 Å². The second-order valence-corrected chi connectivity index (χ2v) is 8.90. The average Bonchev–Trinajstić information content (AvgIpc) is 2.91. The number of fused-ring (bicyclic) bond motifs is 1. The Balaban J connectivity index is 1.39. The fraction of sp³-hybridized carbons (Fsp3) is 0.192. The van der Waals surface area contributed by atoms with E-state index in [1.807, 2.05) is 4.90 Å². The molecule has 0 unspecified atom stereocenters. The third kappa shape index (κ3) is 5.86. The van der Waals surface area contributed by atoms with Crippen LogP contribution in [0.4, 0.5) is 33.5 Å². The van der Waals surface area contributed by atoms with E-state index < -0.39 is 40.1 Å². The molecule has 7 nitrogen and oxygen atoms in total. The Morgan fingerprint density at radius 3 is 2.54 bits per heavy atom. The van der Waals surface area contributed by atoms with Crippen molar-refractivity contribution in [3.8, 4) is 11.5 Å². The molecule has 4 aromatic rings. The molecule has 39 heavy (non-hydrogen) atoms. The van der Waals surface area contributed by atoms with Crippen LogP contribution in [0.5, 0.6) is 11.5 Å². The lowest BCUT2D eigenvalue weighted by molar-refractivity contribution is -0.137. The number of benzene rings is 3. The predicted octanol–water partition coefficient (Wildman–Crippen LogP) is 6.46. The largest absolute Gasteiger partial charge is 0.454 e. The van der Waals surface area contributed by atoms with Gasteiger partial charge in [0.15, 0.2) is 11.6 Å². The summed E-state index contributed by atoms with van der Waals surface area (Å²) in [6.07, 6.45) is -3.16. The van der Waals surface area contributed by atoms with E-state index in [2.05, 4.69) is 15.3 Å². The third-order valence-electron chi connectivity index (χ3n) is 5.85. The molecule has 2 heterocycles. The number of hydrogen-bond acceptors (Lipinski definition) is 6. The lowest BCUT2D eigenvalue weighted by atomic mass is 10.1. The van der Waals surface area contributed by atoms with Gasteiger partial charge in [-0.2, -0.15) is 17.6 Å². The van der Waals surface area contributed by atoms with Gasteiger partial charge in [-0.1, -0.05) is 11.6 Å². The van der Waals surface area contributed by atoms with Crippen molar-refractivity contribution in [1.82, 2.24) is 9.97 Å². The number of nitrogens with one attached hydrogen (secondary N) is 1. The van der Waals surface area contributed by atoms with Crippen molar-refractivity contribution in [2.45, 2.75) is 6.18 Å². The number of ether oxygens (including phenoxy) is 2. The van der Waals surface area contributed by atoms with E-state index in [9.17, 15) is 26.7 Å². The molecule has 0 radical (unpaired) electrons. The Morgan fingerprint density at radius 2 is 1.79 bits per heavy atom. The molecule has 1 saturated heterocycles. The van der Waals surface area contributed by atoms with Gasteiger partial charge in [-0.3, -0.25) is 9.78 Å². The Bertz CT molecular complexity index is 1560. The molecule has 0 spiro atoms. The van der Waals surface area contributed by atoms with Crippen LogP contribution in [0.2, 0.25) is 5.02 Å². The monoisotopic (exact) mass is 564 g/mol. The molecule has 5 rings (SSSR count). The maximum Gasteiger partial charge on any atom is 0.417 e. The number of carbonyl (C=O) groups is 1. The van der Waals surface area contributed by atoms with Crippen molar-refractivity contribution >= 4 is 40.0 Å². The number of nitrogens with zero attached hydrogens (tertiary/aromatic N) is 3. The molecule has 1 fully saturated rings. The maximum absolute atomic E-state index is 14.6. The minimum Gasteiger partial charge on any atom is -0.454 e. The van der Waals surface area contributed by atoms with Crippen LogP contribution in [0.25, 0.3) is 11.0 Å². The molecule has 1 aromatic heterocycles. The number of hydrogen-bond donors (Lipinski definition) is 1. The highest BCUT2D eigenvalue weighted by atomic mass is 35.5. The lowest BCUT2D eigenvalue weighted by Crippen LogP contribution is -2.36. The van der Waals surface area contributed by atoms with Crippen molar-refractivity contribution in [2.24, 2.45) is 0 Å². The summed E-state index contributed by atoms with van der Waals surface area (Å²) in [6, 6.07) is 8.84. The second kappa shape index (κ2) is 10.6. The van der Waals surface area contributed by atoms with Crippen molar-refractivity contribution < 1.29 is 36.2 Å². The van der Waals surface area contributed by atoms with Gasteiger partial charge in [0.2, 0.25) is 5.82 Å². The molecular weight excluding hydrogens is 547 g/mol. The number of morpholine rings is 1. The lowest BCUT2D eigenvalue weighted by Gasteiger charge is -2.27. The van der Waals surface area contributed by atoms with Crippen LogP contribution in [0, 0.1) is 11.6 Å². The summed E-state index contributed by atoms with van der Waals surface area (Å²) in [5.41, 5.74) is -0.837. The molecule has 1 amide bonds. The Morgan fingerprint density at radius 1 is 1.03 bits per heavy atom. The number of alkyl halides is 3. The van der Waals surface area contributed by atoms with E-state index in [4.69, 9.17) is 21.1 Å². The quantitative estimate of drug-likeness (QED) is 0.280. The van der Waals surface area contributed by atoms with Crippen LogP contribution in [-0.4, -0.2) is 42.2 Å². The van der Waals surface area contributed by atoms with Crippen LogP contribution in [0.15, 0.2) is 54.7 Å². The summed E-state index contributed by atoms with van der Waals surface area (Å²) < 4.78 is 79.3. The molecule has 3 aromatic carbocycles. The molecule has 1 aliphatic heterocycles. The van der Waals surface area contributed by atoms with E-state index in [0.717, 1.165) is 18.2 Å². The topological polar surface area (TPSA) is 76.6 Å². The van der Waals surface area contributed by atoms with Crippen LogP contribution < -0.4 is 15.0 Å². The first kappa shape index (κ1) is 26.6. The standard InChI is InChI=1S/C26H18ClF5N4O3/c27-18-3-1-14(9-17(18)26(30,31)32)25(37)34-15-10-19(28)24(29)22(11-15)39-16-2-4-20-21(12-16)35-23(13-33-20)36-5-7-38-8-6-36/h1-4,9-13H,5-8H2,(H,34,37). The first-order valence-corrected chi connectivity index (χ1v) is 11.9. The van der Waals surface area contributed by atoms with Gasteiger partial charge < -0.3 is 19.7 Å². The molecule has 0 bridgehead atoms. The molecule has 0 atom stereocenters. The summed E-state index contributed by atoms with van der Waals surface area (Å²) in [7, 11) is 0. The zero-order valence-electron chi connectivity index (χ0n) is 19.9. The number of rotatable bonds is 5. The molecular formula is C26H18ClF5N4O3. The van der Waals surface area contributed by atoms with E-state index in [0.29, 0.717) is 55.3 Å². The Hall–Kier alpha value is -4.03. The van der Waals surface area contributed by atoms with Crippen molar-refractivity contribution in [1.29, 1.82) is 0 Å². The van der Waals surface area contributed by atoms with Gasteiger partial charge in [0.25, 0.3) is 5.91 Å². The van der Waals surface area contributed by atoms with Gasteiger partial charge >= 0.3 is 6.18 Å². The highest BCUT2D eigenvalue weighted by molar-refractivity contribution is 6.31. The minimum atomic E-state index is -4.79. The van der Waals surface area contributed by atoms with Gasteiger partial charge in [0, 0.05) is 42.5 Å². The molecule has 202 valence electrons. The van der Waals surface area contributed by atoms with Crippen LogP contribution in [-0.2, 0) is 10.9 Å². The molecule has 1 N–H and O–H groups in total. The fourth-order valence-corrected chi connectivity index (χ4v) is 4.14. The second-order valence-electron chi connectivity index (χ2n) is 8.50. The van der Waals surface area contributed by atoms with Gasteiger partial charge in [-0.15, -0.1) is 0 Å². The number of amides is 1. The number of anilines is 2. The summed E-state index contributed by atoms with van der Waals surface area (Å²) in [5.74, 6) is -3.48. The van der Waals surface area contributed by atoms with Crippen LogP contribution in [0.3, 0.4) is 0 Å². The third-order valence-corrected chi connectivity index (χ3v) is 6.18. The number of aromatic nitrogens is 2. The molecule has 0 aliphatic carbocycles. The predicted molar refractivity (Wildman–Crippen MR) is 133 cm³/mol. The SMILES string of the molecule is O=C(Nc1cc(F)c(F)c(Oc2ccc3ncc(N4CCOCC4)nc3c2)c1)c1ccc(Cl)c(C(F)(F)F)c1. The minimum absolute atomic E-state index is 0.116. The number of halogens is 6. The summed E-state index contributed by atoms with van der Waals surface area (Å²) in [6.45, 7) is 2.41. The van der Waals surface area contributed by atoms with Crippen molar-refractivity contribution in [2.75, 3.05) is 36.5 Å². The van der Waals surface area contributed by atoms with Gasteiger partial charge in [-0.05, 0) is 30.3 Å². The summed E-state index contributed by atoms with van der Waals surface area (Å²) >= 11 is 5.59. The fourth-order valence-electron chi connectivity index (χ4n) is 3.91. The van der Waals surface area contributed by atoms with Gasteiger partial charge in [0.05, 0.1) is 41.0 Å². The smallest absolute Gasteiger partial charge is 0.417 e. The molecule has 13 heteroatoms. The summed E-state index contributed by atoms with van der Waals surface area (Å²) in [5, 5.41) is 1.67. The van der Waals surface area contributed by atoms with E-state index >= 15 is 0 Å². The highest BCUT2D eigenvalue weighted by Gasteiger charge is 2.34. The highest BCUT2D eigenvalue weighted by Crippen LogP contribution is 2.36. The molecule has 1 aliphatic rings. The Labute approximate surface area is 223 Å². The van der Waals surface area contributed by atoms with Gasteiger partial charge in [0.1, 0.15) is 11.6 Å². The van der Waals surface area contributed by atoms with Crippen molar-refractivity contribution in [3.63, 3.8) is 0 Å². The normalized spacial score (nSPS) is 13.9. The van der Waals surface area contributed by atoms with E-state index in [-0.39, 0.29) is 17.0 Å². The zero-order chi connectivity index (χ0) is 27.7.